The molecule has 0 bridgehead atoms. The molecule has 0 radical (unpaired) electrons. The second kappa shape index (κ2) is 7.71. The highest BCUT2D eigenvalue weighted by atomic mass is 19.3. The van der Waals surface area contributed by atoms with Gasteiger partial charge in [0.1, 0.15) is 6.61 Å². The van der Waals surface area contributed by atoms with Gasteiger partial charge < -0.3 is 4.74 Å². The van der Waals surface area contributed by atoms with Crippen LogP contribution in [-0.2, 0) is 17.7 Å². The van der Waals surface area contributed by atoms with E-state index in [1.54, 1.807) is 4.68 Å². The first-order valence-electron chi connectivity index (χ1n) is 6.53. The highest BCUT2D eigenvalue weighted by molar-refractivity contribution is 5.10. The largest absolute Gasteiger partial charge is 0.373 e. The lowest BCUT2D eigenvalue weighted by Gasteiger charge is -2.19. The summed E-state index contributed by atoms with van der Waals surface area (Å²) in [6.45, 7) is 2.87. The maximum absolute atomic E-state index is 12.7. The van der Waals surface area contributed by atoms with E-state index in [0.29, 0.717) is 13.0 Å². The van der Waals surface area contributed by atoms with Crippen LogP contribution in [0.15, 0.2) is 6.07 Å². The fourth-order valence-electron chi connectivity index (χ4n) is 1.86. The number of hydrogen-bond acceptors (Lipinski definition) is 4. The van der Waals surface area contributed by atoms with E-state index in [2.05, 4.69) is 15.3 Å². The molecular weight excluding hydrogens is 292 g/mol. The summed E-state index contributed by atoms with van der Waals surface area (Å²) in [7, 11) is 0. The van der Waals surface area contributed by atoms with E-state index in [4.69, 9.17) is 5.84 Å². The molecule has 0 aliphatic carbocycles. The smallest absolute Gasteiger partial charge is 0.330 e. The van der Waals surface area contributed by atoms with Gasteiger partial charge in [-0.15, -0.1) is 0 Å². The average molecular weight is 312 g/mol. The van der Waals surface area contributed by atoms with Crippen LogP contribution in [0.1, 0.15) is 18.3 Å². The Hall–Kier alpha value is -1.19. The van der Waals surface area contributed by atoms with Crippen molar-refractivity contribution in [3.63, 3.8) is 0 Å². The van der Waals surface area contributed by atoms with Crippen molar-refractivity contribution < 1.29 is 22.3 Å². The zero-order chi connectivity index (χ0) is 16.0. The van der Waals surface area contributed by atoms with Crippen molar-refractivity contribution in [3.8, 4) is 0 Å². The van der Waals surface area contributed by atoms with Gasteiger partial charge in [-0.2, -0.15) is 13.9 Å². The number of halogens is 4. The van der Waals surface area contributed by atoms with Gasteiger partial charge in [-0.3, -0.25) is 16.0 Å². The van der Waals surface area contributed by atoms with Crippen LogP contribution in [0.3, 0.4) is 0 Å². The lowest BCUT2D eigenvalue weighted by atomic mass is 10.1. The maximum Gasteiger partial charge on any atom is 0.330 e. The van der Waals surface area contributed by atoms with Crippen LogP contribution < -0.4 is 11.3 Å². The van der Waals surface area contributed by atoms with Crippen molar-refractivity contribution in [1.82, 2.24) is 15.2 Å². The van der Waals surface area contributed by atoms with E-state index < -0.39 is 25.0 Å². The number of ether oxygens (including phenoxy) is 1. The third-order valence-corrected chi connectivity index (χ3v) is 2.91. The number of nitrogens with two attached hydrogens (primary N) is 1. The highest BCUT2D eigenvalue weighted by Crippen LogP contribution is 2.22. The van der Waals surface area contributed by atoms with E-state index in [0.717, 1.165) is 11.4 Å². The monoisotopic (exact) mass is 312 g/mol. The van der Waals surface area contributed by atoms with Crippen LogP contribution in [0.25, 0.3) is 0 Å². The third kappa shape index (κ3) is 5.25. The Morgan fingerprint density at radius 3 is 2.67 bits per heavy atom. The molecular formula is C12H20F4N4O. The Labute approximate surface area is 120 Å². The molecule has 1 heterocycles. The molecule has 1 aromatic rings. The number of nitrogens with zero attached hydrogens (tertiary/aromatic N) is 2. The van der Waals surface area contributed by atoms with Gasteiger partial charge in [-0.05, 0) is 19.9 Å². The Morgan fingerprint density at radius 1 is 1.48 bits per heavy atom. The Bertz CT molecular complexity index is 439. The fourth-order valence-corrected chi connectivity index (χ4v) is 1.86. The number of hydrogen-bond donors (Lipinski definition) is 2. The zero-order valence-electron chi connectivity index (χ0n) is 12.0. The van der Waals surface area contributed by atoms with Crippen molar-refractivity contribution in [1.29, 1.82) is 0 Å². The number of aryl methyl sites for hydroxylation is 2. The molecule has 5 nitrogen and oxygen atoms in total. The summed E-state index contributed by atoms with van der Waals surface area (Å²) in [5.74, 6) is 1.18. The van der Waals surface area contributed by atoms with Crippen molar-refractivity contribution in [2.45, 2.75) is 45.2 Å². The summed E-state index contributed by atoms with van der Waals surface area (Å²) in [4.78, 5) is 0. The first-order chi connectivity index (χ1) is 9.80. The van der Waals surface area contributed by atoms with E-state index in [1.165, 1.54) is 0 Å². The molecule has 1 aromatic heterocycles. The van der Waals surface area contributed by atoms with Gasteiger partial charge >= 0.3 is 12.3 Å². The molecule has 0 aromatic carbocycles. The number of nitrogens with one attached hydrogen (secondary N) is 1. The van der Waals surface area contributed by atoms with Crippen LogP contribution in [-0.4, -0.2) is 41.4 Å². The van der Waals surface area contributed by atoms with Gasteiger partial charge in [0.2, 0.25) is 0 Å². The SMILES string of the molecule is CCn1nc(C)cc1CC(COCC(F)(F)C(F)F)NN. The molecule has 9 heteroatoms. The predicted molar refractivity (Wildman–Crippen MR) is 69.2 cm³/mol. The summed E-state index contributed by atoms with van der Waals surface area (Å²) in [5.41, 5.74) is 4.12. The quantitative estimate of drug-likeness (QED) is 0.412. The highest BCUT2D eigenvalue weighted by Gasteiger charge is 2.41. The van der Waals surface area contributed by atoms with Gasteiger partial charge in [0.05, 0.1) is 12.3 Å². The molecule has 1 atom stereocenters. The molecule has 1 unspecified atom stereocenters. The lowest BCUT2D eigenvalue weighted by molar-refractivity contribution is -0.167. The van der Waals surface area contributed by atoms with Crippen LogP contribution in [0.5, 0.6) is 0 Å². The lowest BCUT2D eigenvalue weighted by Crippen LogP contribution is -2.42. The second-order valence-electron chi connectivity index (χ2n) is 4.74. The molecule has 1 rings (SSSR count). The van der Waals surface area contributed by atoms with Crippen molar-refractivity contribution in [3.05, 3.63) is 17.5 Å². The molecule has 0 saturated carbocycles. The summed E-state index contributed by atoms with van der Waals surface area (Å²) in [5, 5.41) is 4.25. The van der Waals surface area contributed by atoms with Crippen LogP contribution in [0.2, 0.25) is 0 Å². The van der Waals surface area contributed by atoms with Gasteiger partial charge in [0.15, 0.2) is 0 Å². The van der Waals surface area contributed by atoms with Gasteiger partial charge in [-0.25, -0.2) is 8.78 Å². The van der Waals surface area contributed by atoms with Crippen molar-refractivity contribution in [2.75, 3.05) is 13.2 Å². The van der Waals surface area contributed by atoms with Crippen molar-refractivity contribution in [2.24, 2.45) is 5.84 Å². The Morgan fingerprint density at radius 2 is 2.14 bits per heavy atom. The Balaban J connectivity index is 2.52. The van der Waals surface area contributed by atoms with Crippen LogP contribution >= 0.6 is 0 Å². The predicted octanol–water partition coefficient (Wildman–Crippen LogP) is 1.50. The van der Waals surface area contributed by atoms with Gasteiger partial charge in [0.25, 0.3) is 0 Å². The summed E-state index contributed by atoms with van der Waals surface area (Å²) in [6.07, 6.45) is -3.35. The zero-order valence-corrected chi connectivity index (χ0v) is 12.0. The molecule has 0 aliphatic rings. The van der Waals surface area contributed by atoms with Crippen LogP contribution in [0.4, 0.5) is 17.6 Å². The average Bonchev–Trinajstić information content (AvgIpc) is 2.77. The number of aromatic nitrogens is 2. The molecule has 0 fully saturated rings. The van der Waals surface area contributed by atoms with E-state index >= 15 is 0 Å². The third-order valence-electron chi connectivity index (χ3n) is 2.91. The topological polar surface area (TPSA) is 65.1 Å². The first-order valence-corrected chi connectivity index (χ1v) is 6.53. The molecule has 122 valence electrons. The number of rotatable bonds is 9. The molecule has 21 heavy (non-hydrogen) atoms. The summed E-state index contributed by atoms with van der Waals surface area (Å²) < 4.78 is 55.8. The Kier molecular flexibility index (Phi) is 6.56. The normalized spacial score (nSPS) is 13.9. The molecule has 0 amide bonds. The van der Waals surface area contributed by atoms with E-state index in [1.807, 2.05) is 19.9 Å². The molecule has 0 aliphatic heterocycles. The van der Waals surface area contributed by atoms with E-state index in [-0.39, 0.29) is 6.61 Å². The minimum absolute atomic E-state index is 0.202. The van der Waals surface area contributed by atoms with Gasteiger partial charge in [0, 0.05) is 24.7 Å². The minimum Gasteiger partial charge on any atom is -0.373 e. The second-order valence-corrected chi connectivity index (χ2v) is 4.74. The van der Waals surface area contributed by atoms with Crippen molar-refractivity contribution >= 4 is 0 Å². The molecule has 3 N–H and O–H groups in total. The molecule has 0 spiro atoms. The van der Waals surface area contributed by atoms with E-state index in [9.17, 15) is 17.6 Å². The van der Waals surface area contributed by atoms with Gasteiger partial charge in [-0.1, -0.05) is 0 Å². The van der Waals surface area contributed by atoms with Crippen LogP contribution in [0, 0.1) is 6.92 Å². The summed E-state index contributed by atoms with van der Waals surface area (Å²) in [6, 6.07) is 1.38. The minimum atomic E-state index is -4.15. The standard InChI is InChI=1S/C12H20F4N4O/c1-3-20-10(4-8(2)19-20)5-9(18-17)6-21-7-12(15,16)11(13)14/h4,9,11,18H,3,5-7,17H2,1-2H3. The molecule has 0 saturated heterocycles. The number of alkyl halides is 4. The summed E-state index contributed by atoms with van der Waals surface area (Å²) >= 11 is 0. The number of hydrazine groups is 1. The maximum atomic E-state index is 12.7. The first kappa shape index (κ1) is 17.9. The fraction of sp³-hybridized carbons (Fsp3) is 0.750.